The van der Waals surface area contributed by atoms with Gasteiger partial charge < -0.3 is 49.9 Å². The number of rotatable bonds is 24. The number of ketones is 2. The van der Waals surface area contributed by atoms with E-state index in [-0.39, 0.29) is 74.7 Å². The molecule has 0 radical (unpaired) electrons. The lowest BCUT2D eigenvalue weighted by Gasteiger charge is -2.56. The van der Waals surface area contributed by atoms with E-state index >= 15 is 4.79 Å². The summed E-state index contributed by atoms with van der Waals surface area (Å²) >= 11 is 0. The molecule has 4 aliphatic heterocycles. The third-order valence-electron chi connectivity index (χ3n) is 17.4. The van der Waals surface area contributed by atoms with E-state index in [4.69, 9.17) is 18.6 Å². The zero-order valence-corrected chi connectivity index (χ0v) is 52.5. The highest BCUT2D eigenvalue weighted by Gasteiger charge is 2.81. The molecular formula is C69H75N3O14S2. The van der Waals surface area contributed by atoms with Crippen molar-refractivity contribution in [1.82, 2.24) is 16.0 Å². The summed E-state index contributed by atoms with van der Waals surface area (Å²) in [5, 5.41) is 41.7. The van der Waals surface area contributed by atoms with Crippen LogP contribution in [-0.2, 0) is 25.5 Å². The predicted molar refractivity (Wildman–Crippen MR) is 342 cm³/mol. The zero-order chi connectivity index (χ0) is 63.0. The highest BCUT2D eigenvalue weighted by atomic mass is 33.1. The summed E-state index contributed by atoms with van der Waals surface area (Å²) in [6, 6.07) is 13.1. The van der Waals surface area contributed by atoms with Gasteiger partial charge in [-0.3, -0.25) is 28.8 Å². The molecule has 4 heterocycles. The van der Waals surface area contributed by atoms with Gasteiger partial charge in [0.1, 0.15) is 45.5 Å². The number of aromatic hydroxyl groups is 2. The number of carboxylic acid groups (broad SMARTS) is 1. The number of aromatic carboxylic acids is 1. The second-order valence-corrected chi connectivity index (χ2v) is 27.4. The number of Topliss-reactive ketones (excluding diaryl/α,β-unsaturated/α-hetero) is 2. The average Bonchev–Trinajstić information content (AvgIpc) is 1.39. The smallest absolute Gasteiger partial charge is 0.336 e. The largest absolute Gasteiger partial charge is 0.508 e. The van der Waals surface area contributed by atoms with Crippen LogP contribution < -0.4 is 30.9 Å². The summed E-state index contributed by atoms with van der Waals surface area (Å²) in [5.41, 5.74) is 0.359. The lowest BCUT2D eigenvalue weighted by Crippen LogP contribution is -2.72. The summed E-state index contributed by atoms with van der Waals surface area (Å²) in [7, 11) is 3.13. The Morgan fingerprint density at radius 1 is 0.773 bits per heavy atom. The molecule has 1 spiro atoms. The number of amides is 3. The summed E-state index contributed by atoms with van der Waals surface area (Å²) in [6.45, 7) is 16.8. The van der Waals surface area contributed by atoms with Crippen molar-refractivity contribution >= 4 is 73.9 Å². The fraction of sp³-hybridized carbons (Fsp3) is 0.406. The Labute approximate surface area is 519 Å². The molecule has 1 saturated heterocycles. The number of fused-ring (bicyclic) bond motifs is 4. The van der Waals surface area contributed by atoms with Crippen LogP contribution in [0.1, 0.15) is 149 Å². The molecule has 5 atom stereocenters. The van der Waals surface area contributed by atoms with E-state index in [2.05, 4.69) is 35.9 Å². The first kappa shape index (κ1) is 63.2. The molecule has 2 fully saturated rings. The van der Waals surface area contributed by atoms with Crippen molar-refractivity contribution < 1.29 is 62.7 Å². The molecule has 88 heavy (non-hydrogen) atoms. The van der Waals surface area contributed by atoms with Gasteiger partial charge in [0.25, 0.3) is 5.91 Å². The predicted octanol–water partition coefficient (Wildman–Crippen LogP) is 12.0. The van der Waals surface area contributed by atoms with E-state index in [9.17, 15) is 44.1 Å². The number of carboxylic acids is 1. The number of hydrogen-bond acceptors (Lipinski definition) is 15. The number of carbonyl (C=O) groups is 6. The van der Waals surface area contributed by atoms with Crippen LogP contribution in [0.5, 0.6) is 23.0 Å². The van der Waals surface area contributed by atoms with Crippen molar-refractivity contribution in [2.75, 3.05) is 31.1 Å². The molecule has 4 aliphatic carbocycles. The van der Waals surface area contributed by atoms with Crippen molar-refractivity contribution in [3.8, 4) is 45.4 Å². The molecule has 8 aliphatic rings. The first-order chi connectivity index (χ1) is 41.9. The van der Waals surface area contributed by atoms with Crippen LogP contribution in [0.25, 0.3) is 39.5 Å². The fourth-order valence-electron chi connectivity index (χ4n) is 13.1. The molecular weight excluding hydrogens is 1160 g/mol. The van der Waals surface area contributed by atoms with Crippen LogP contribution in [0.3, 0.4) is 0 Å². The molecule has 19 heteroatoms. The van der Waals surface area contributed by atoms with Crippen LogP contribution in [-0.4, -0.2) is 104 Å². The second kappa shape index (κ2) is 25.3. The summed E-state index contributed by atoms with van der Waals surface area (Å²) in [4.78, 5) is 94.3. The van der Waals surface area contributed by atoms with Crippen molar-refractivity contribution in [2.24, 2.45) is 11.8 Å². The highest BCUT2D eigenvalue weighted by Crippen LogP contribution is 2.69. The molecule has 11 rings (SSSR count). The van der Waals surface area contributed by atoms with Crippen molar-refractivity contribution in [3.05, 3.63) is 145 Å². The SMILES string of the molecule is CC(C)=CCCC1(C)C=Cc2c(O)c3c(c(CC=C(C)C)c2O1)OC12C(=CC4CC1C(C)(C)OC2(C/C=C(/C)C(=O)NCCSSCCNC(=O)CCCCCNC(=O)c1ccc(-c2c5ccc(=O)cc-5oc5cc(O)ccc25)c(C(=O)O)c1)C4=O)C3=O. The summed E-state index contributed by atoms with van der Waals surface area (Å²) < 4.78 is 27.1. The van der Waals surface area contributed by atoms with E-state index in [0.29, 0.717) is 126 Å². The Morgan fingerprint density at radius 3 is 2.25 bits per heavy atom. The summed E-state index contributed by atoms with van der Waals surface area (Å²) in [6.07, 6.45) is 15.8. The van der Waals surface area contributed by atoms with Crippen LogP contribution >= 0.6 is 21.6 Å². The van der Waals surface area contributed by atoms with E-state index in [1.165, 1.54) is 42.0 Å². The standard InChI is InChI=1S/C69H75N3O14S2/c1-38(2)13-12-25-67(8)26-24-48-58(76)57-59(77)51-34-42-35-54-66(6,7)86-68(62(42)78,69(51,54)85-61(57)49(60(48)84-67)19-15-39(3)4)27-23-40(5)63(79)72-30-32-88-87-31-29-70-55(75)14-10-9-11-28-71-64(80)41-16-20-45(50(33-41)65(81)82)56-46-21-17-43(73)36-52(46)83-53-37-44(74)18-22-47(53)56/h13,15-18,20-24,26,33-34,36-37,42,54,73,76H,9-12,14,19,25,27-32,35H2,1-8H3,(H,70,75)(H,71,80)(H,72,79)(H,81,82)/b40-23-. The summed E-state index contributed by atoms with van der Waals surface area (Å²) in [5.74, 6) is -2.01. The number of allylic oxidation sites excluding steroid dienone is 5. The first-order valence-corrected chi connectivity index (χ1v) is 32.5. The number of phenols is 2. The van der Waals surface area contributed by atoms with Gasteiger partial charge in [-0.15, -0.1) is 0 Å². The average molecular weight is 1230 g/mol. The number of carbonyl (C=O) groups excluding carboxylic acids is 5. The first-order valence-electron chi connectivity index (χ1n) is 30.0. The van der Waals surface area contributed by atoms with Gasteiger partial charge in [-0.2, -0.15) is 0 Å². The molecule has 3 aromatic rings. The van der Waals surface area contributed by atoms with E-state index in [0.717, 1.165) is 12.0 Å². The van der Waals surface area contributed by atoms with Crippen LogP contribution in [0, 0.1) is 11.8 Å². The monoisotopic (exact) mass is 1230 g/mol. The van der Waals surface area contributed by atoms with Gasteiger partial charge in [-0.25, -0.2) is 4.79 Å². The molecule has 5 unspecified atom stereocenters. The van der Waals surface area contributed by atoms with Crippen molar-refractivity contribution in [3.63, 3.8) is 0 Å². The normalized spacial score (nSPS) is 21.8. The maximum Gasteiger partial charge on any atom is 0.336 e. The van der Waals surface area contributed by atoms with Gasteiger partial charge >= 0.3 is 5.97 Å². The fourth-order valence-corrected chi connectivity index (χ4v) is 14.9. The number of hydrogen-bond donors (Lipinski definition) is 6. The molecule has 1 saturated carbocycles. The maximum absolute atomic E-state index is 15.2. The Balaban J connectivity index is 0.682. The lowest BCUT2D eigenvalue weighted by molar-refractivity contribution is -0.171. The van der Waals surface area contributed by atoms with Gasteiger partial charge in [0, 0.05) is 107 Å². The third-order valence-corrected chi connectivity index (χ3v) is 19.8. The third kappa shape index (κ3) is 12.1. The van der Waals surface area contributed by atoms with Crippen LogP contribution in [0.15, 0.2) is 116 Å². The molecule has 462 valence electrons. The van der Waals surface area contributed by atoms with E-state index in [1.807, 2.05) is 52.8 Å². The Hall–Kier alpha value is -7.87. The van der Waals surface area contributed by atoms with Crippen LogP contribution in [0.4, 0.5) is 0 Å². The molecule has 6 N–H and O–H groups in total. The van der Waals surface area contributed by atoms with Gasteiger partial charge in [0.15, 0.2) is 28.2 Å². The van der Waals surface area contributed by atoms with Crippen molar-refractivity contribution in [1.29, 1.82) is 0 Å². The number of ether oxygens (including phenoxy) is 3. The topological polar surface area (TPSA) is 257 Å². The Kier molecular flexibility index (Phi) is 18.2. The second-order valence-electron chi connectivity index (χ2n) is 24.7. The lowest BCUT2D eigenvalue weighted by atomic mass is 9.51. The van der Waals surface area contributed by atoms with E-state index in [1.54, 1.807) is 58.9 Å². The maximum atomic E-state index is 15.2. The molecule has 3 aromatic carbocycles. The van der Waals surface area contributed by atoms with Gasteiger partial charge in [0.2, 0.25) is 11.8 Å². The minimum Gasteiger partial charge on any atom is -0.508 e. The van der Waals surface area contributed by atoms with Gasteiger partial charge in [-0.05, 0) is 148 Å². The van der Waals surface area contributed by atoms with Crippen LogP contribution in [0.2, 0.25) is 0 Å². The number of phenolic OH excluding ortho intramolecular Hbond substituents is 2. The Morgan fingerprint density at radius 2 is 1.51 bits per heavy atom. The minimum absolute atomic E-state index is 0.0277. The number of unbranched alkanes of at least 4 members (excludes halogenated alkanes) is 2. The molecule has 17 nitrogen and oxygen atoms in total. The Bertz CT molecular complexity index is 3880. The molecule has 0 aromatic heterocycles. The highest BCUT2D eigenvalue weighted by molar-refractivity contribution is 8.76. The molecule has 4 bridgehead atoms. The number of nitrogens with one attached hydrogen (secondary N) is 3. The number of benzene rings is 4. The minimum atomic E-state index is -1.66. The molecule has 3 amide bonds. The van der Waals surface area contributed by atoms with E-state index < -0.39 is 51.9 Å². The quantitative estimate of drug-likeness (QED) is 0.0110. The van der Waals surface area contributed by atoms with Gasteiger partial charge in [0.05, 0.1) is 16.7 Å². The zero-order valence-electron chi connectivity index (χ0n) is 50.9. The van der Waals surface area contributed by atoms with Crippen molar-refractivity contribution in [2.45, 2.75) is 136 Å². The van der Waals surface area contributed by atoms with Gasteiger partial charge in [-0.1, -0.05) is 69.5 Å².